The van der Waals surface area contributed by atoms with E-state index in [0.29, 0.717) is 12.0 Å². The third-order valence-electron chi connectivity index (χ3n) is 3.52. The first kappa shape index (κ1) is 14.3. The quantitative estimate of drug-likeness (QED) is 0.433. The van der Waals surface area contributed by atoms with Crippen molar-refractivity contribution in [2.75, 3.05) is 5.88 Å². The maximum atomic E-state index is 6.17. The smallest absolute Gasteiger partial charge is 0.135 e. The summed E-state index contributed by atoms with van der Waals surface area (Å²) in [5.74, 6) is 7.29. The Hall–Kier alpha value is -1.13. The molecule has 0 bridgehead atoms. The largest absolute Gasteiger partial charge is 0.489 e. The lowest BCUT2D eigenvalue weighted by molar-refractivity contribution is 0.183. The van der Waals surface area contributed by atoms with Crippen LogP contribution in [0.5, 0.6) is 5.75 Å². The van der Waals surface area contributed by atoms with E-state index in [1.165, 1.54) is 31.2 Å². The molecular formula is C17H21ClO. The fourth-order valence-corrected chi connectivity index (χ4v) is 2.58. The standard InChI is InChI=1S/C17H21ClO/c1-14-10-11-17(15(13-14)7-6-12-18)19-16-8-4-2-3-5-9-16/h10-11,13,16H,2-5,8-9,12H2,1H3. The Bertz CT molecular complexity index is 462. The van der Waals surface area contributed by atoms with E-state index in [-0.39, 0.29) is 0 Å². The molecule has 1 aromatic carbocycles. The molecule has 0 radical (unpaired) electrons. The van der Waals surface area contributed by atoms with Crippen LogP contribution in [0.15, 0.2) is 18.2 Å². The Kier molecular flexibility index (Phi) is 5.61. The molecule has 0 aromatic heterocycles. The second-order valence-corrected chi connectivity index (χ2v) is 5.43. The average Bonchev–Trinajstić information content (AvgIpc) is 2.67. The molecular weight excluding hydrogens is 256 g/mol. The van der Waals surface area contributed by atoms with Gasteiger partial charge in [0.1, 0.15) is 5.75 Å². The molecule has 2 rings (SSSR count). The van der Waals surface area contributed by atoms with Crippen molar-refractivity contribution in [3.05, 3.63) is 29.3 Å². The van der Waals surface area contributed by atoms with Gasteiger partial charge in [-0.2, -0.15) is 0 Å². The topological polar surface area (TPSA) is 9.23 Å². The molecule has 102 valence electrons. The number of alkyl halides is 1. The van der Waals surface area contributed by atoms with Crippen LogP contribution in [-0.4, -0.2) is 12.0 Å². The zero-order valence-corrected chi connectivity index (χ0v) is 12.3. The highest BCUT2D eigenvalue weighted by Crippen LogP contribution is 2.25. The number of ether oxygens (including phenoxy) is 1. The van der Waals surface area contributed by atoms with Crippen molar-refractivity contribution >= 4 is 11.6 Å². The van der Waals surface area contributed by atoms with Crippen molar-refractivity contribution in [2.45, 2.75) is 51.6 Å². The van der Waals surface area contributed by atoms with Gasteiger partial charge in [0.25, 0.3) is 0 Å². The van der Waals surface area contributed by atoms with Crippen molar-refractivity contribution < 1.29 is 4.74 Å². The fourth-order valence-electron chi connectivity index (χ4n) is 2.51. The number of benzene rings is 1. The first-order valence-corrected chi connectivity index (χ1v) is 7.65. The Balaban J connectivity index is 2.13. The first-order chi connectivity index (χ1) is 9.29. The van der Waals surface area contributed by atoms with Crippen LogP contribution in [0.1, 0.15) is 49.7 Å². The molecule has 1 aromatic rings. The minimum absolute atomic E-state index is 0.349. The second-order valence-electron chi connectivity index (χ2n) is 5.17. The molecule has 0 spiro atoms. The van der Waals surface area contributed by atoms with E-state index < -0.39 is 0 Å². The maximum Gasteiger partial charge on any atom is 0.135 e. The number of rotatable bonds is 2. The van der Waals surface area contributed by atoms with E-state index in [2.05, 4.69) is 30.9 Å². The summed E-state index contributed by atoms with van der Waals surface area (Å²) in [6, 6.07) is 6.20. The van der Waals surface area contributed by atoms with Crippen molar-refractivity contribution in [1.82, 2.24) is 0 Å². The van der Waals surface area contributed by atoms with Gasteiger partial charge >= 0.3 is 0 Å². The van der Waals surface area contributed by atoms with Gasteiger partial charge in [-0.05, 0) is 50.3 Å². The van der Waals surface area contributed by atoms with E-state index in [0.717, 1.165) is 24.2 Å². The molecule has 1 aliphatic rings. The highest BCUT2D eigenvalue weighted by Gasteiger charge is 2.15. The second kappa shape index (κ2) is 7.46. The molecule has 2 heteroatoms. The SMILES string of the molecule is Cc1ccc(OC2CCCCCC2)c(C#CCCl)c1. The summed E-state index contributed by atoms with van der Waals surface area (Å²) in [5.41, 5.74) is 2.16. The fraction of sp³-hybridized carbons (Fsp3) is 0.529. The zero-order chi connectivity index (χ0) is 13.5. The van der Waals surface area contributed by atoms with Crippen LogP contribution < -0.4 is 4.74 Å². The van der Waals surface area contributed by atoms with Gasteiger partial charge < -0.3 is 4.74 Å². The lowest BCUT2D eigenvalue weighted by Crippen LogP contribution is -2.15. The zero-order valence-electron chi connectivity index (χ0n) is 11.5. The van der Waals surface area contributed by atoms with Crippen LogP contribution in [0.25, 0.3) is 0 Å². The Labute approximate surface area is 121 Å². The van der Waals surface area contributed by atoms with Gasteiger partial charge in [-0.25, -0.2) is 0 Å². The molecule has 0 heterocycles. The first-order valence-electron chi connectivity index (χ1n) is 7.12. The molecule has 0 aliphatic heterocycles. The number of hydrogen-bond acceptors (Lipinski definition) is 1. The maximum absolute atomic E-state index is 6.17. The number of halogens is 1. The minimum Gasteiger partial charge on any atom is -0.489 e. The summed E-state index contributed by atoms with van der Waals surface area (Å²) in [4.78, 5) is 0. The van der Waals surface area contributed by atoms with Gasteiger partial charge in [-0.3, -0.25) is 0 Å². The summed E-state index contributed by atoms with van der Waals surface area (Å²) in [6.45, 7) is 2.07. The van der Waals surface area contributed by atoms with Crippen LogP contribution in [0, 0.1) is 18.8 Å². The van der Waals surface area contributed by atoms with E-state index in [4.69, 9.17) is 16.3 Å². The monoisotopic (exact) mass is 276 g/mol. The normalized spacial score (nSPS) is 16.3. The number of aryl methyl sites for hydroxylation is 1. The summed E-state index contributed by atoms with van der Waals surface area (Å²) >= 11 is 5.64. The molecule has 0 unspecified atom stereocenters. The predicted molar refractivity (Wildman–Crippen MR) is 80.9 cm³/mol. The molecule has 1 aliphatic carbocycles. The van der Waals surface area contributed by atoms with Gasteiger partial charge in [0, 0.05) is 0 Å². The molecule has 1 saturated carbocycles. The van der Waals surface area contributed by atoms with Crippen molar-refractivity contribution in [1.29, 1.82) is 0 Å². The summed E-state index contributed by atoms with van der Waals surface area (Å²) in [7, 11) is 0. The van der Waals surface area contributed by atoms with E-state index in [1.807, 2.05) is 6.07 Å². The highest BCUT2D eigenvalue weighted by atomic mass is 35.5. The van der Waals surface area contributed by atoms with E-state index in [1.54, 1.807) is 0 Å². The third kappa shape index (κ3) is 4.48. The Morgan fingerprint density at radius 1 is 1.21 bits per heavy atom. The molecule has 1 fully saturated rings. The number of hydrogen-bond donors (Lipinski definition) is 0. The molecule has 0 saturated heterocycles. The molecule has 1 nitrogen and oxygen atoms in total. The lowest BCUT2D eigenvalue weighted by Gasteiger charge is -2.18. The summed E-state index contributed by atoms with van der Waals surface area (Å²) in [5, 5.41) is 0. The van der Waals surface area contributed by atoms with Crippen LogP contribution in [-0.2, 0) is 0 Å². The van der Waals surface area contributed by atoms with Gasteiger partial charge in [-0.15, -0.1) is 11.6 Å². The summed E-state index contributed by atoms with van der Waals surface area (Å²) < 4.78 is 6.17. The van der Waals surface area contributed by atoms with Gasteiger partial charge in [0.15, 0.2) is 0 Å². The Morgan fingerprint density at radius 3 is 2.63 bits per heavy atom. The minimum atomic E-state index is 0.349. The molecule has 0 atom stereocenters. The predicted octanol–water partition coefficient (Wildman–Crippen LogP) is 4.69. The molecule has 0 amide bonds. The van der Waals surface area contributed by atoms with Gasteiger partial charge in [-0.1, -0.05) is 30.7 Å². The van der Waals surface area contributed by atoms with E-state index in [9.17, 15) is 0 Å². The molecule has 19 heavy (non-hydrogen) atoms. The van der Waals surface area contributed by atoms with Gasteiger partial charge in [0.2, 0.25) is 0 Å². The van der Waals surface area contributed by atoms with Crippen LogP contribution in [0.4, 0.5) is 0 Å². The van der Waals surface area contributed by atoms with Crippen molar-refractivity contribution in [2.24, 2.45) is 0 Å². The van der Waals surface area contributed by atoms with Crippen LogP contribution in [0.2, 0.25) is 0 Å². The lowest BCUT2D eigenvalue weighted by atomic mass is 10.1. The highest BCUT2D eigenvalue weighted by molar-refractivity contribution is 6.19. The van der Waals surface area contributed by atoms with Crippen LogP contribution in [0.3, 0.4) is 0 Å². The van der Waals surface area contributed by atoms with Crippen molar-refractivity contribution in [3.8, 4) is 17.6 Å². The molecule has 0 N–H and O–H groups in total. The summed E-state index contributed by atoms with van der Waals surface area (Å²) in [6.07, 6.45) is 7.91. The van der Waals surface area contributed by atoms with E-state index >= 15 is 0 Å². The van der Waals surface area contributed by atoms with Crippen LogP contribution >= 0.6 is 11.6 Å². The van der Waals surface area contributed by atoms with Crippen molar-refractivity contribution in [3.63, 3.8) is 0 Å². The average molecular weight is 277 g/mol. The third-order valence-corrected chi connectivity index (χ3v) is 3.65. The Morgan fingerprint density at radius 2 is 1.95 bits per heavy atom. The van der Waals surface area contributed by atoms with Gasteiger partial charge in [0.05, 0.1) is 17.5 Å².